The predicted molar refractivity (Wildman–Crippen MR) is 118 cm³/mol. The van der Waals surface area contributed by atoms with Crippen LogP contribution in [-0.4, -0.2) is 30.3 Å². The summed E-state index contributed by atoms with van der Waals surface area (Å²) < 4.78 is 10.4. The fourth-order valence-corrected chi connectivity index (χ4v) is 3.48. The van der Waals surface area contributed by atoms with Gasteiger partial charge in [-0.3, -0.25) is 19.7 Å². The third-order valence-electron chi connectivity index (χ3n) is 4.01. The van der Waals surface area contributed by atoms with Crippen LogP contribution in [0.25, 0.3) is 6.08 Å². The van der Waals surface area contributed by atoms with Crippen LogP contribution in [0.5, 0.6) is 11.5 Å². The van der Waals surface area contributed by atoms with Crippen molar-refractivity contribution in [3.63, 3.8) is 0 Å². The highest BCUT2D eigenvalue weighted by Gasteiger charge is 2.25. The number of thioether (sulfide) groups is 1. The number of methoxy groups -OCH3 is 1. The van der Waals surface area contributed by atoms with Crippen LogP contribution < -0.4 is 15.8 Å². The lowest BCUT2D eigenvalue weighted by Gasteiger charge is -2.11. The zero-order valence-corrected chi connectivity index (χ0v) is 18.1. The molecule has 1 aliphatic heterocycles. The first kappa shape index (κ1) is 23.8. The number of hydrogen-bond acceptors (Lipinski definition) is 7. The smallest absolute Gasteiger partial charge is 0.322 e. The Labute approximate surface area is 188 Å². The molecule has 3 N–H and O–H groups in total. The van der Waals surface area contributed by atoms with Gasteiger partial charge in [0.05, 0.1) is 17.0 Å². The van der Waals surface area contributed by atoms with Crippen molar-refractivity contribution >= 4 is 59.0 Å². The van der Waals surface area contributed by atoms with Crippen LogP contribution in [0.1, 0.15) is 11.1 Å². The highest BCUT2D eigenvalue weighted by atomic mass is 35.5. The minimum Gasteiger partial charge on any atom is -0.468 e. The Bertz CT molecular complexity index is 995. The van der Waals surface area contributed by atoms with Gasteiger partial charge in [0.1, 0.15) is 17.5 Å². The first-order chi connectivity index (χ1) is 13.9. The molecule has 1 heterocycles. The predicted octanol–water partition coefficient (Wildman–Crippen LogP) is 3.92. The molecular formula is C20H18Cl2N2O5S. The molecular weight excluding hydrogens is 451 g/mol. The van der Waals surface area contributed by atoms with Gasteiger partial charge in [-0.05, 0) is 59.7 Å². The summed E-state index contributed by atoms with van der Waals surface area (Å²) in [6.45, 7) is 0. The van der Waals surface area contributed by atoms with Crippen LogP contribution in [0.15, 0.2) is 47.4 Å². The lowest BCUT2D eigenvalue weighted by Crippen LogP contribution is -2.33. The van der Waals surface area contributed by atoms with Crippen molar-refractivity contribution in [1.82, 2.24) is 5.32 Å². The summed E-state index contributed by atoms with van der Waals surface area (Å²) in [6, 6.07) is 11.4. The third-order valence-corrected chi connectivity index (χ3v) is 5.11. The first-order valence-electron chi connectivity index (χ1n) is 8.50. The quantitative estimate of drug-likeness (QED) is 0.488. The molecule has 2 aromatic rings. The Morgan fingerprint density at radius 1 is 1.23 bits per heavy atom. The molecule has 10 heteroatoms. The zero-order chi connectivity index (χ0) is 21.0. The van der Waals surface area contributed by atoms with E-state index in [0.717, 1.165) is 17.3 Å². The molecule has 2 aromatic carbocycles. The largest absolute Gasteiger partial charge is 0.468 e. The zero-order valence-electron chi connectivity index (χ0n) is 15.7. The average Bonchev–Trinajstić information content (AvgIpc) is 3.01. The lowest BCUT2D eigenvalue weighted by molar-refractivity contribution is -0.142. The summed E-state index contributed by atoms with van der Waals surface area (Å²) in [6.07, 6.45) is 1.94. The van der Waals surface area contributed by atoms with E-state index in [-0.39, 0.29) is 12.4 Å². The van der Waals surface area contributed by atoms with Crippen molar-refractivity contribution < 1.29 is 23.9 Å². The van der Waals surface area contributed by atoms with E-state index in [9.17, 15) is 14.4 Å². The molecule has 2 amide bonds. The molecule has 0 aliphatic carbocycles. The van der Waals surface area contributed by atoms with Crippen LogP contribution in [-0.2, 0) is 20.7 Å². The molecule has 1 atom stereocenters. The molecule has 158 valence electrons. The Hall–Kier alpha value is -2.52. The van der Waals surface area contributed by atoms with Gasteiger partial charge in [-0.15, -0.1) is 12.4 Å². The van der Waals surface area contributed by atoms with Gasteiger partial charge in [-0.25, -0.2) is 0 Å². The van der Waals surface area contributed by atoms with E-state index in [2.05, 4.69) is 10.1 Å². The van der Waals surface area contributed by atoms with Crippen LogP contribution in [0, 0.1) is 0 Å². The number of nitrogens with one attached hydrogen (secondary N) is 1. The van der Waals surface area contributed by atoms with Crippen molar-refractivity contribution in [2.45, 2.75) is 12.5 Å². The van der Waals surface area contributed by atoms with Crippen LogP contribution in [0.2, 0.25) is 5.02 Å². The van der Waals surface area contributed by atoms with Gasteiger partial charge in [-0.1, -0.05) is 29.8 Å². The molecule has 1 aliphatic rings. The first-order valence-corrected chi connectivity index (χ1v) is 9.70. The standard InChI is InChI=1S/C20H17ClN2O5S.ClH/c1-27-19(25)15(22)9-11-2-5-13(6-3-11)28-16-7-4-12(8-14(16)21)10-17-18(24)23-20(26)29-17;/h2-8,10,15H,9,22H2,1H3,(H,23,24,26);1H/b17-10-;/t15-;/m0./s1. The van der Waals surface area contributed by atoms with E-state index in [1.807, 2.05) is 0 Å². The second-order valence-electron chi connectivity index (χ2n) is 6.12. The van der Waals surface area contributed by atoms with Crippen LogP contribution in [0.4, 0.5) is 4.79 Å². The van der Waals surface area contributed by atoms with E-state index in [1.54, 1.807) is 48.5 Å². The number of carbonyl (C=O) groups excluding carboxylic acids is 3. The molecule has 7 nitrogen and oxygen atoms in total. The number of rotatable bonds is 6. The average molecular weight is 469 g/mol. The van der Waals surface area contributed by atoms with Gasteiger partial charge in [0, 0.05) is 0 Å². The van der Waals surface area contributed by atoms with E-state index in [4.69, 9.17) is 22.1 Å². The van der Waals surface area contributed by atoms with Gasteiger partial charge >= 0.3 is 5.97 Å². The molecule has 1 saturated heterocycles. The third kappa shape index (κ3) is 5.99. The van der Waals surface area contributed by atoms with Gasteiger partial charge < -0.3 is 15.2 Å². The number of benzene rings is 2. The Morgan fingerprint density at radius 2 is 1.93 bits per heavy atom. The number of nitrogens with two attached hydrogens (primary N) is 1. The van der Waals surface area contributed by atoms with Crippen molar-refractivity contribution in [1.29, 1.82) is 0 Å². The van der Waals surface area contributed by atoms with E-state index < -0.39 is 23.2 Å². The highest BCUT2D eigenvalue weighted by molar-refractivity contribution is 8.18. The minimum atomic E-state index is -0.724. The molecule has 0 radical (unpaired) electrons. The Kier molecular flexibility index (Phi) is 8.31. The molecule has 0 saturated carbocycles. The molecule has 1 fully saturated rings. The van der Waals surface area contributed by atoms with Gasteiger partial charge in [0.15, 0.2) is 0 Å². The van der Waals surface area contributed by atoms with Gasteiger partial charge in [0.2, 0.25) is 0 Å². The lowest BCUT2D eigenvalue weighted by atomic mass is 10.1. The Morgan fingerprint density at radius 3 is 2.50 bits per heavy atom. The summed E-state index contributed by atoms with van der Waals surface area (Å²) in [7, 11) is 1.30. The molecule has 0 aromatic heterocycles. The highest BCUT2D eigenvalue weighted by Crippen LogP contribution is 2.32. The monoisotopic (exact) mass is 468 g/mol. The normalized spacial score (nSPS) is 15.4. The van der Waals surface area contributed by atoms with E-state index >= 15 is 0 Å². The number of hydrogen-bond donors (Lipinski definition) is 2. The van der Waals surface area contributed by atoms with Crippen molar-refractivity contribution in [3.05, 3.63) is 63.5 Å². The molecule has 0 unspecified atom stereocenters. The number of carbonyl (C=O) groups is 3. The number of imide groups is 1. The summed E-state index contributed by atoms with van der Waals surface area (Å²) in [5.41, 5.74) is 7.29. The maximum Gasteiger partial charge on any atom is 0.322 e. The molecule has 0 spiro atoms. The SMILES string of the molecule is COC(=O)[C@@H](N)Cc1ccc(Oc2ccc(/C=C3\SC(=O)NC3=O)cc2Cl)cc1.Cl. The fourth-order valence-electron chi connectivity index (χ4n) is 2.57. The van der Waals surface area contributed by atoms with Crippen molar-refractivity contribution in [2.75, 3.05) is 7.11 Å². The van der Waals surface area contributed by atoms with Gasteiger partial charge in [0.25, 0.3) is 11.1 Å². The van der Waals surface area contributed by atoms with Crippen molar-refractivity contribution in [3.8, 4) is 11.5 Å². The van der Waals surface area contributed by atoms with Crippen LogP contribution >= 0.6 is 35.8 Å². The van der Waals surface area contributed by atoms with E-state index in [1.165, 1.54) is 7.11 Å². The van der Waals surface area contributed by atoms with Crippen molar-refractivity contribution in [2.24, 2.45) is 5.73 Å². The topological polar surface area (TPSA) is 108 Å². The number of amides is 2. The van der Waals surface area contributed by atoms with Gasteiger partial charge in [-0.2, -0.15) is 0 Å². The van der Waals surface area contributed by atoms with Crippen LogP contribution in [0.3, 0.4) is 0 Å². The fraction of sp³-hybridized carbons (Fsp3) is 0.150. The summed E-state index contributed by atoms with van der Waals surface area (Å²) in [4.78, 5) is 34.6. The summed E-state index contributed by atoms with van der Waals surface area (Å²) in [5, 5.41) is 2.15. The Balaban J connectivity index is 0.00000320. The van der Waals surface area contributed by atoms with E-state index in [0.29, 0.717) is 33.4 Å². The molecule has 3 rings (SSSR count). The number of ether oxygens (including phenoxy) is 2. The minimum absolute atomic E-state index is 0. The second-order valence-corrected chi connectivity index (χ2v) is 7.54. The maximum atomic E-state index is 11.6. The maximum absolute atomic E-state index is 11.6. The molecule has 30 heavy (non-hydrogen) atoms. The summed E-state index contributed by atoms with van der Waals surface area (Å²) in [5.74, 6) is 0.102. The summed E-state index contributed by atoms with van der Waals surface area (Å²) >= 11 is 7.12. The number of halogens is 2. The second kappa shape index (κ2) is 10.5. The molecule has 0 bridgehead atoms. The number of esters is 1.